The first-order valence-corrected chi connectivity index (χ1v) is 6.27. The highest BCUT2D eigenvalue weighted by molar-refractivity contribution is 5.76. The van der Waals surface area contributed by atoms with Gasteiger partial charge in [0.1, 0.15) is 0 Å². The van der Waals surface area contributed by atoms with Gasteiger partial charge in [-0.2, -0.15) is 0 Å². The van der Waals surface area contributed by atoms with Gasteiger partial charge in [-0.3, -0.25) is 4.79 Å². The molecule has 1 aliphatic carbocycles. The largest absolute Gasteiger partial charge is 0.353 e. The lowest BCUT2D eigenvalue weighted by Crippen LogP contribution is -2.34. The predicted molar refractivity (Wildman–Crippen MR) is 62.8 cm³/mol. The van der Waals surface area contributed by atoms with E-state index in [4.69, 9.17) is 0 Å². The van der Waals surface area contributed by atoms with E-state index in [0.29, 0.717) is 12.5 Å². The van der Waals surface area contributed by atoms with E-state index < -0.39 is 0 Å². The average molecular weight is 212 g/mol. The number of rotatable bonds is 5. The molecule has 1 amide bonds. The molecule has 0 saturated heterocycles. The molecule has 0 aromatic rings. The van der Waals surface area contributed by atoms with Crippen molar-refractivity contribution in [3.05, 3.63) is 0 Å². The number of carbonyl (C=O) groups is 1. The number of hydrogen-bond donors (Lipinski definition) is 2. The van der Waals surface area contributed by atoms with Gasteiger partial charge in [-0.15, -0.1) is 0 Å². The summed E-state index contributed by atoms with van der Waals surface area (Å²) in [5.74, 6) is 0.233. The van der Waals surface area contributed by atoms with Gasteiger partial charge in [-0.05, 0) is 32.9 Å². The third-order valence-corrected chi connectivity index (χ3v) is 3.05. The summed E-state index contributed by atoms with van der Waals surface area (Å²) < 4.78 is 0. The van der Waals surface area contributed by atoms with Gasteiger partial charge < -0.3 is 10.6 Å². The fourth-order valence-corrected chi connectivity index (χ4v) is 2.15. The Kier molecular flexibility index (Phi) is 6.41. The third-order valence-electron chi connectivity index (χ3n) is 3.05. The first-order valence-electron chi connectivity index (χ1n) is 6.27. The summed E-state index contributed by atoms with van der Waals surface area (Å²) in [5.41, 5.74) is 0. The molecule has 1 rings (SSSR count). The molecule has 2 N–H and O–H groups in total. The van der Waals surface area contributed by atoms with Crippen LogP contribution in [0.4, 0.5) is 0 Å². The van der Waals surface area contributed by atoms with Crippen molar-refractivity contribution in [1.29, 1.82) is 0 Å². The number of carbonyl (C=O) groups excluding carboxylic acids is 1. The van der Waals surface area contributed by atoms with Gasteiger partial charge in [0.25, 0.3) is 0 Å². The fourth-order valence-electron chi connectivity index (χ4n) is 2.15. The Morgan fingerprint density at radius 2 is 1.87 bits per heavy atom. The second-order valence-electron chi connectivity index (χ2n) is 4.46. The monoisotopic (exact) mass is 212 g/mol. The Hall–Kier alpha value is -0.570. The molecule has 0 aliphatic heterocycles. The molecule has 3 heteroatoms. The maximum absolute atomic E-state index is 11.6. The molecule has 0 unspecified atom stereocenters. The number of nitrogens with one attached hydrogen (secondary N) is 2. The summed E-state index contributed by atoms with van der Waals surface area (Å²) in [5, 5.41) is 6.21. The Bertz CT molecular complexity index is 174. The van der Waals surface area contributed by atoms with Crippen molar-refractivity contribution < 1.29 is 4.79 Å². The highest BCUT2D eigenvalue weighted by Crippen LogP contribution is 2.17. The summed E-state index contributed by atoms with van der Waals surface area (Å²) in [6, 6.07) is 0.453. The summed E-state index contributed by atoms with van der Waals surface area (Å²) in [6.07, 6.45) is 9.20. The molecule has 1 saturated carbocycles. The average Bonchev–Trinajstić information content (AvgIpc) is 2.47. The molecule has 15 heavy (non-hydrogen) atoms. The molecule has 0 radical (unpaired) electrons. The molecular formula is C12H24N2O. The predicted octanol–water partition coefficient (Wildman–Crippen LogP) is 1.82. The Morgan fingerprint density at radius 3 is 2.47 bits per heavy atom. The van der Waals surface area contributed by atoms with Crippen LogP contribution < -0.4 is 10.6 Å². The van der Waals surface area contributed by atoms with Crippen LogP contribution in [0, 0.1) is 0 Å². The molecule has 0 heterocycles. The summed E-state index contributed by atoms with van der Waals surface area (Å²) in [6.45, 7) is 0.929. The molecule has 1 aliphatic rings. The van der Waals surface area contributed by atoms with Crippen molar-refractivity contribution in [1.82, 2.24) is 10.6 Å². The molecule has 0 bridgehead atoms. The highest BCUT2D eigenvalue weighted by atomic mass is 16.1. The first-order chi connectivity index (χ1) is 7.33. The van der Waals surface area contributed by atoms with Crippen molar-refractivity contribution >= 4 is 5.91 Å². The molecule has 1 fully saturated rings. The lowest BCUT2D eigenvalue weighted by molar-refractivity contribution is -0.121. The fraction of sp³-hybridized carbons (Fsp3) is 0.917. The van der Waals surface area contributed by atoms with E-state index in [-0.39, 0.29) is 5.91 Å². The van der Waals surface area contributed by atoms with Gasteiger partial charge >= 0.3 is 0 Å². The number of hydrogen-bond acceptors (Lipinski definition) is 2. The van der Waals surface area contributed by atoms with Crippen LogP contribution in [0.25, 0.3) is 0 Å². The second kappa shape index (κ2) is 7.69. The van der Waals surface area contributed by atoms with E-state index in [0.717, 1.165) is 13.0 Å². The van der Waals surface area contributed by atoms with E-state index in [1.54, 1.807) is 0 Å². The SMILES string of the molecule is CNCCCC(=O)NC1CCCCCC1. The minimum absolute atomic E-state index is 0.233. The van der Waals surface area contributed by atoms with E-state index in [1.807, 2.05) is 7.05 Å². The van der Waals surface area contributed by atoms with E-state index in [2.05, 4.69) is 10.6 Å². The lowest BCUT2D eigenvalue weighted by Gasteiger charge is -2.15. The summed E-state index contributed by atoms with van der Waals surface area (Å²) in [4.78, 5) is 11.6. The van der Waals surface area contributed by atoms with Gasteiger partial charge in [-0.25, -0.2) is 0 Å². The maximum Gasteiger partial charge on any atom is 0.220 e. The maximum atomic E-state index is 11.6. The Morgan fingerprint density at radius 1 is 1.20 bits per heavy atom. The van der Waals surface area contributed by atoms with Crippen molar-refractivity contribution in [3.63, 3.8) is 0 Å². The van der Waals surface area contributed by atoms with Crippen molar-refractivity contribution in [2.75, 3.05) is 13.6 Å². The highest BCUT2D eigenvalue weighted by Gasteiger charge is 2.13. The Balaban J connectivity index is 2.12. The van der Waals surface area contributed by atoms with Crippen LogP contribution in [0.3, 0.4) is 0 Å². The zero-order valence-corrected chi connectivity index (χ0v) is 9.85. The van der Waals surface area contributed by atoms with Gasteiger partial charge in [0, 0.05) is 12.5 Å². The molecule has 0 spiro atoms. The quantitative estimate of drug-likeness (QED) is 0.539. The van der Waals surface area contributed by atoms with Gasteiger partial charge in [0.2, 0.25) is 5.91 Å². The number of amides is 1. The van der Waals surface area contributed by atoms with Crippen molar-refractivity contribution in [2.24, 2.45) is 0 Å². The smallest absolute Gasteiger partial charge is 0.220 e. The second-order valence-corrected chi connectivity index (χ2v) is 4.46. The van der Waals surface area contributed by atoms with Crippen LogP contribution in [0.15, 0.2) is 0 Å². The van der Waals surface area contributed by atoms with Crippen LogP contribution in [-0.2, 0) is 4.79 Å². The zero-order valence-electron chi connectivity index (χ0n) is 9.85. The summed E-state index contributed by atoms with van der Waals surface area (Å²) in [7, 11) is 1.92. The molecule has 0 aromatic heterocycles. The summed E-state index contributed by atoms with van der Waals surface area (Å²) >= 11 is 0. The van der Waals surface area contributed by atoms with Crippen LogP contribution in [0.2, 0.25) is 0 Å². The van der Waals surface area contributed by atoms with Crippen LogP contribution in [0.5, 0.6) is 0 Å². The van der Waals surface area contributed by atoms with Gasteiger partial charge in [-0.1, -0.05) is 25.7 Å². The molecule has 0 aromatic carbocycles. The lowest BCUT2D eigenvalue weighted by atomic mass is 10.1. The minimum atomic E-state index is 0.233. The molecule has 3 nitrogen and oxygen atoms in total. The Labute approximate surface area is 93.0 Å². The third kappa shape index (κ3) is 5.78. The topological polar surface area (TPSA) is 41.1 Å². The minimum Gasteiger partial charge on any atom is -0.353 e. The molecular weight excluding hydrogens is 188 g/mol. The van der Waals surface area contributed by atoms with Crippen LogP contribution in [-0.4, -0.2) is 25.5 Å². The van der Waals surface area contributed by atoms with E-state index >= 15 is 0 Å². The van der Waals surface area contributed by atoms with E-state index in [9.17, 15) is 4.79 Å². The molecule has 88 valence electrons. The standard InChI is InChI=1S/C12H24N2O/c1-13-10-6-9-12(15)14-11-7-4-2-3-5-8-11/h11,13H,2-10H2,1H3,(H,14,15). The normalized spacial score (nSPS) is 18.5. The zero-order chi connectivity index (χ0) is 10.9. The van der Waals surface area contributed by atoms with Gasteiger partial charge in [0.15, 0.2) is 0 Å². The van der Waals surface area contributed by atoms with E-state index in [1.165, 1.54) is 38.5 Å². The van der Waals surface area contributed by atoms with Crippen molar-refractivity contribution in [2.45, 2.75) is 57.4 Å². The van der Waals surface area contributed by atoms with Gasteiger partial charge in [0.05, 0.1) is 0 Å². The van der Waals surface area contributed by atoms with Crippen LogP contribution >= 0.6 is 0 Å². The van der Waals surface area contributed by atoms with Crippen LogP contribution in [0.1, 0.15) is 51.4 Å². The molecule has 0 atom stereocenters. The first kappa shape index (κ1) is 12.5. The van der Waals surface area contributed by atoms with Crippen molar-refractivity contribution in [3.8, 4) is 0 Å².